The first-order valence-electron chi connectivity index (χ1n) is 9.21. The SMILES string of the molecule is OC1C(O)[C@@H](O)C(OCCOCCOC2C(O)[C@@H](O)C(O)[C@@H](O)C2O)[C@@H](O)C1O. The van der Waals surface area contributed by atoms with Crippen LogP contribution in [-0.4, -0.2) is 151 Å². The normalized spacial score (nSPS) is 48.6. The number of ether oxygens (including phenoxy) is 3. The lowest BCUT2D eigenvalue weighted by Gasteiger charge is -2.41. The highest BCUT2D eigenvalue weighted by atomic mass is 16.6. The zero-order valence-corrected chi connectivity index (χ0v) is 15.5. The molecule has 0 spiro atoms. The van der Waals surface area contributed by atoms with Gasteiger partial charge in [0.1, 0.15) is 73.2 Å². The molecule has 0 radical (unpaired) electrons. The van der Waals surface area contributed by atoms with Crippen molar-refractivity contribution in [1.82, 2.24) is 0 Å². The lowest BCUT2D eigenvalue weighted by molar-refractivity contribution is -0.240. The molecule has 13 nitrogen and oxygen atoms in total. The first-order valence-corrected chi connectivity index (χ1v) is 9.21. The minimum absolute atomic E-state index is 0.0478. The molecule has 2 aliphatic carbocycles. The van der Waals surface area contributed by atoms with Gasteiger partial charge in [0.15, 0.2) is 0 Å². The largest absolute Gasteiger partial charge is 0.387 e. The zero-order chi connectivity index (χ0) is 21.9. The number of hydrogen-bond acceptors (Lipinski definition) is 13. The average Bonchev–Trinajstić information content (AvgIpc) is 2.71. The monoisotopic (exact) mass is 430 g/mol. The van der Waals surface area contributed by atoms with Gasteiger partial charge in [0.25, 0.3) is 0 Å². The second-order valence-electron chi connectivity index (χ2n) is 7.19. The van der Waals surface area contributed by atoms with Crippen molar-refractivity contribution in [3.05, 3.63) is 0 Å². The Morgan fingerprint density at radius 2 is 0.586 bits per heavy atom. The van der Waals surface area contributed by atoms with E-state index in [1.54, 1.807) is 0 Å². The molecule has 10 N–H and O–H groups in total. The molecule has 0 amide bonds. The highest BCUT2D eigenvalue weighted by molar-refractivity contribution is 5.00. The third-order valence-corrected chi connectivity index (χ3v) is 5.22. The van der Waals surface area contributed by atoms with Crippen molar-refractivity contribution < 1.29 is 65.3 Å². The minimum Gasteiger partial charge on any atom is -0.387 e. The maximum Gasteiger partial charge on any atom is 0.115 e. The molecule has 2 fully saturated rings. The van der Waals surface area contributed by atoms with E-state index in [4.69, 9.17) is 14.2 Å². The number of aliphatic hydroxyl groups is 10. The van der Waals surface area contributed by atoms with E-state index < -0.39 is 73.2 Å². The molecule has 0 aromatic carbocycles. The fraction of sp³-hybridized carbons (Fsp3) is 1.00. The quantitative estimate of drug-likeness (QED) is 0.162. The van der Waals surface area contributed by atoms with E-state index in [0.717, 1.165) is 0 Å². The molecular weight excluding hydrogens is 400 g/mol. The molecule has 0 heterocycles. The molecule has 0 saturated heterocycles. The fourth-order valence-corrected chi connectivity index (χ4v) is 3.38. The van der Waals surface area contributed by atoms with Crippen molar-refractivity contribution in [3.8, 4) is 0 Å². The smallest absolute Gasteiger partial charge is 0.115 e. The molecule has 0 aromatic heterocycles. The summed E-state index contributed by atoms with van der Waals surface area (Å²) in [7, 11) is 0. The molecule has 12 atom stereocenters. The van der Waals surface area contributed by atoms with Gasteiger partial charge in [-0.3, -0.25) is 0 Å². The molecule has 172 valence electrons. The van der Waals surface area contributed by atoms with Gasteiger partial charge in [0.05, 0.1) is 26.4 Å². The van der Waals surface area contributed by atoms with Crippen LogP contribution in [0, 0.1) is 0 Å². The van der Waals surface area contributed by atoms with E-state index in [1.807, 2.05) is 0 Å². The van der Waals surface area contributed by atoms with Crippen LogP contribution in [0.1, 0.15) is 0 Å². The standard InChI is InChI=1S/C16H30O13/c17-5-7(19)11(23)15(12(24)8(5)20)28-3-1-27-2-4-29-16-13(25)9(21)6(18)10(22)14(16)26/h5-26H,1-4H2/t5?,6?,7-,8+,9?,10?,11?,12?,13-,14+,15?,16?. The van der Waals surface area contributed by atoms with Crippen LogP contribution >= 0.6 is 0 Å². The summed E-state index contributed by atoms with van der Waals surface area (Å²) in [6.45, 7) is -0.388. The Balaban J connectivity index is 1.66. The van der Waals surface area contributed by atoms with Crippen molar-refractivity contribution >= 4 is 0 Å². The van der Waals surface area contributed by atoms with Crippen LogP contribution in [0.3, 0.4) is 0 Å². The number of hydrogen-bond donors (Lipinski definition) is 10. The number of aliphatic hydroxyl groups excluding tert-OH is 10. The average molecular weight is 430 g/mol. The molecule has 2 saturated carbocycles. The van der Waals surface area contributed by atoms with Crippen molar-refractivity contribution in [2.45, 2.75) is 73.2 Å². The van der Waals surface area contributed by atoms with Crippen LogP contribution in [-0.2, 0) is 14.2 Å². The first kappa shape index (κ1) is 24.7. The highest BCUT2D eigenvalue weighted by Crippen LogP contribution is 2.25. The van der Waals surface area contributed by atoms with Gasteiger partial charge in [-0.2, -0.15) is 0 Å². The van der Waals surface area contributed by atoms with Crippen LogP contribution in [0.2, 0.25) is 0 Å². The molecule has 2 rings (SSSR count). The third kappa shape index (κ3) is 5.40. The van der Waals surface area contributed by atoms with Gasteiger partial charge >= 0.3 is 0 Å². The summed E-state index contributed by atoms with van der Waals surface area (Å²) in [4.78, 5) is 0. The zero-order valence-electron chi connectivity index (χ0n) is 15.5. The maximum absolute atomic E-state index is 9.82. The summed E-state index contributed by atoms with van der Waals surface area (Å²) in [5, 5.41) is 96.6. The third-order valence-electron chi connectivity index (χ3n) is 5.22. The lowest BCUT2D eigenvalue weighted by atomic mass is 9.85. The minimum atomic E-state index is -1.71. The second-order valence-corrected chi connectivity index (χ2v) is 7.19. The van der Waals surface area contributed by atoms with Gasteiger partial charge in [-0.25, -0.2) is 0 Å². The summed E-state index contributed by atoms with van der Waals surface area (Å²) in [6.07, 6.45) is -19.3. The van der Waals surface area contributed by atoms with Crippen molar-refractivity contribution in [3.63, 3.8) is 0 Å². The van der Waals surface area contributed by atoms with Crippen LogP contribution in [0.4, 0.5) is 0 Å². The predicted octanol–water partition coefficient (Wildman–Crippen LogP) is -6.59. The Kier molecular flexibility index (Phi) is 9.11. The first-order chi connectivity index (χ1) is 13.6. The van der Waals surface area contributed by atoms with Gasteiger partial charge in [-0.1, -0.05) is 0 Å². The van der Waals surface area contributed by atoms with Crippen LogP contribution in [0.25, 0.3) is 0 Å². The van der Waals surface area contributed by atoms with Gasteiger partial charge in [-0.15, -0.1) is 0 Å². The van der Waals surface area contributed by atoms with Crippen molar-refractivity contribution in [2.24, 2.45) is 0 Å². The Hall–Kier alpha value is -0.520. The Labute approximate surface area is 165 Å². The summed E-state index contributed by atoms with van der Waals surface area (Å²) in [6, 6.07) is 0. The maximum atomic E-state index is 9.82. The molecule has 29 heavy (non-hydrogen) atoms. The van der Waals surface area contributed by atoms with Gasteiger partial charge < -0.3 is 65.3 Å². The highest BCUT2D eigenvalue weighted by Gasteiger charge is 2.49. The van der Waals surface area contributed by atoms with E-state index in [-0.39, 0.29) is 26.4 Å². The fourth-order valence-electron chi connectivity index (χ4n) is 3.38. The van der Waals surface area contributed by atoms with Crippen molar-refractivity contribution in [2.75, 3.05) is 26.4 Å². The summed E-state index contributed by atoms with van der Waals surface area (Å²) in [5.41, 5.74) is 0. The summed E-state index contributed by atoms with van der Waals surface area (Å²) >= 11 is 0. The van der Waals surface area contributed by atoms with E-state index in [0.29, 0.717) is 0 Å². The number of rotatable bonds is 8. The van der Waals surface area contributed by atoms with Crippen LogP contribution in [0.15, 0.2) is 0 Å². The van der Waals surface area contributed by atoms with Gasteiger partial charge in [0, 0.05) is 0 Å². The Morgan fingerprint density at radius 3 is 0.862 bits per heavy atom. The second kappa shape index (κ2) is 10.7. The van der Waals surface area contributed by atoms with E-state index >= 15 is 0 Å². The van der Waals surface area contributed by atoms with Crippen LogP contribution in [0.5, 0.6) is 0 Å². The van der Waals surface area contributed by atoms with Crippen LogP contribution < -0.4 is 0 Å². The predicted molar refractivity (Wildman–Crippen MR) is 90.4 cm³/mol. The molecule has 0 bridgehead atoms. The molecule has 13 heteroatoms. The van der Waals surface area contributed by atoms with E-state index in [1.165, 1.54) is 0 Å². The lowest BCUT2D eigenvalue weighted by Crippen LogP contribution is -2.64. The molecule has 8 unspecified atom stereocenters. The molecule has 0 aromatic rings. The summed E-state index contributed by atoms with van der Waals surface area (Å²) in [5.74, 6) is 0. The Bertz CT molecular complexity index is 421. The van der Waals surface area contributed by atoms with E-state index in [2.05, 4.69) is 0 Å². The molecule has 0 aliphatic heterocycles. The van der Waals surface area contributed by atoms with Gasteiger partial charge in [0.2, 0.25) is 0 Å². The summed E-state index contributed by atoms with van der Waals surface area (Å²) < 4.78 is 15.6. The molecule has 2 aliphatic rings. The van der Waals surface area contributed by atoms with Crippen molar-refractivity contribution in [1.29, 1.82) is 0 Å². The topological polar surface area (TPSA) is 230 Å². The van der Waals surface area contributed by atoms with E-state index in [9.17, 15) is 51.1 Å². The molecular formula is C16H30O13. The Morgan fingerprint density at radius 1 is 0.345 bits per heavy atom. The van der Waals surface area contributed by atoms with Gasteiger partial charge in [-0.05, 0) is 0 Å².